The van der Waals surface area contributed by atoms with Gasteiger partial charge in [-0.3, -0.25) is 46.0 Å². The third-order valence-electron chi connectivity index (χ3n) is 2.38. The molecule has 0 heterocycles. The Morgan fingerprint density at radius 3 is 1.18 bits per heavy atom. The summed E-state index contributed by atoms with van der Waals surface area (Å²) in [4.78, 5) is 0. The average molecular weight is 260 g/mol. The number of quaternary nitrogens is 1. The van der Waals surface area contributed by atoms with E-state index in [0.29, 0.717) is 0 Å². The Morgan fingerprint density at radius 1 is 0.706 bits per heavy atom. The van der Waals surface area contributed by atoms with E-state index in [9.17, 15) is 0 Å². The van der Waals surface area contributed by atoms with Crippen LogP contribution in [-0.2, 0) is 0 Å². The van der Waals surface area contributed by atoms with Crippen LogP contribution in [0.15, 0.2) is 0 Å². The minimum Gasteiger partial charge on any atom is -0.293 e. The van der Waals surface area contributed by atoms with Gasteiger partial charge in [-0.15, -0.1) is 0 Å². The van der Waals surface area contributed by atoms with Crippen LogP contribution >= 0.6 is 0 Å². The first kappa shape index (κ1) is 16.6. The van der Waals surface area contributed by atoms with Crippen LogP contribution in [0, 0.1) is 0 Å². The van der Waals surface area contributed by atoms with Gasteiger partial charge in [0.25, 0.3) is 0 Å². The van der Waals surface area contributed by atoms with E-state index >= 15 is 0 Å². The molecule has 0 aromatic rings. The van der Waals surface area contributed by atoms with Crippen LogP contribution in [0.3, 0.4) is 0 Å². The summed E-state index contributed by atoms with van der Waals surface area (Å²) in [5, 5.41) is 80.5. The van der Waals surface area contributed by atoms with Crippen LogP contribution in [0.25, 0.3) is 0 Å². The number of hydrogen-bond acceptors (Lipinski definition) is 9. The Morgan fingerprint density at radius 2 is 1.00 bits per heavy atom. The lowest BCUT2D eigenvalue weighted by Crippen LogP contribution is -2.84. The molecule has 9 N–H and O–H groups in total. The Kier molecular flexibility index (Phi) is 4.59. The van der Waals surface area contributed by atoms with Crippen LogP contribution in [0.4, 0.5) is 0 Å². The molecule has 0 amide bonds. The van der Waals surface area contributed by atoms with Crippen LogP contribution in [0.1, 0.15) is 19.8 Å². The summed E-state index contributed by atoms with van der Waals surface area (Å²) in [7, 11) is 0. The lowest BCUT2D eigenvalue weighted by molar-refractivity contribution is -1.22. The minimum absolute atomic E-state index is 0.129. The highest BCUT2D eigenvalue weighted by Crippen LogP contribution is 2.34. The predicted octanol–water partition coefficient (Wildman–Crippen LogP) is -4.63. The zero-order chi connectivity index (χ0) is 14.1. The Balaban J connectivity index is 5.75. The third-order valence-corrected chi connectivity index (χ3v) is 2.38. The maximum Gasteiger partial charge on any atom is 0.455 e. The number of nitrogens with zero attached hydrogens (tertiary/aromatic N) is 1. The number of rotatable bonds is 6. The maximum atomic E-state index is 8.95. The molecule has 0 aliphatic heterocycles. The SMILES string of the molecule is CCCC[N+](C(O)(O)O)(C(O)(O)O)C(O)(O)O. The van der Waals surface area contributed by atoms with Crippen molar-refractivity contribution < 1.29 is 50.4 Å². The summed E-state index contributed by atoms with van der Waals surface area (Å²) in [6, 6.07) is 0. The van der Waals surface area contributed by atoms with E-state index in [1.54, 1.807) is 6.92 Å². The van der Waals surface area contributed by atoms with Crippen LogP contribution in [-0.4, -0.2) is 75.3 Å². The minimum atomic E-state index is -4.23. The Hall–Kier alpha value is -0.400. The van der Waals surface area contributed by atoms with Gasteiger partial charge in [0, 0.05) is 0 Å². The first-order chi connectivity index (χ1) is 7.31. The molecule has 0 spiro atoms. The van der Waals surface area contributed by atoms with Gasteiger partial charge in [-0.1, -0.05) is 17.8 Å². The first-order valence-corrected chi connectivity index (χ1v) is 4.71. The standard InChI is InChI=1S/C7H18NO9/c1-2-3-4-8(5(9,10)11,6(12,13)14)7(15,16)17/h9-17H,2-4H2,1H3/q+1. The summed E-state index contributed by atoms with van der Waals surface area (Å²) in [5.41, 5.74) is 0. The van der Waals surface area contributed by atoms with Crippen molar-refractivity contribution in [1.29, 1.82) is 0 Å². The molecule has 0 saturated heterocycles. The lowest BCUT2D eigenvalue weighted by Gasteiger charge is -2.48. The number of unbranched alkanes of at least 4 members (excludes halogenated alkanes) is 1. The summed E-state index contributed by atoms with van der Waals surface area (Å²) >= 11 is 0. The van der Waals surface area contributed by atoms with Crippen molar-refractivity contribution in [3.8, 4) is 0 Å². The molecule has 17 heavy (non-hydrogen) atoms. The zero-order valence-electron chi connectivity index (χ0n) is 9.09. The molecule has 104 valence electrons. The van der Waals surface area contributed by atoms with Crippen LogP contribution in [0.5, 0.6) is 0 Å². The van der Waals surface area contributed by atoms with Gasteiger partial charge in [0.1, 0.15) is 0 Å². The molecule has 10 nitrogen and oxygen atoms in total. The van der Waals surface area contributed by atoms with Crippen molar-refractivity contribution in [2.75, 3.05) is 6.54 Å². The Bertz CT molecular complexity index is 212. The van der Waals surface area contributed by atoms with Gasteiger partial charge in [0.05, 0.1) is 6.54 Å². The molecule has 0 radical (unpaired) electrons. The van der Waals surface area contributed by atoms with Crippen LogP contribution < -0.4 is 0 Å². The number of aliphatic hydroxyl groups is 9. The van der Waals surface area contributed by atoms with Crippen molar-refractivity contribution in [1.82, 2.24) is 0 Å². The molecule has 0 aliphatic carbocycles. The quantitative estimate of drug-likeness (QED) is 0.167. The molecule has 10 heteroatoms. The largest absolute Gasteiger partial charge is 0.455 e. The summed E-state index contributed by atoms with van der Waals surface area (Å²) in [6.45, 7) is 0.580. The lowest BCUT2D eigenvalue weighted by atomic mass is 10.2. The van der Waals surface area contributed by atoms with Gasteiger partial charge in [0.15, 0.2) is 0 Å². The normalized spacial score (nSPS) is 15.2. The van der Waals surface area contributed by atoms with E-state index in [-0.39, 0.29) is 12.8 Å². The molecule has 0 unspecified atom stereocenters. The van der Waals surface area contributed by atoms with Crippen LogP contribution in [0.2, 0.25) is 0 Å². The van der Waals surface area contributed by atoms with Gasteiger partial charge in [-0.2, -0.15) is 0 Å². The van der Waals surface area contributed by atoms with Gasteiger partial charge >= 0.3 is 18.3 Å². The van der Waals surface area contributed by atoms with Crippen molar-refractivity contribution in [3.63, 3.8) is 0 Å². The number of hydrogen-bond donors (Lipinski definition) is 9. The van der Waals surface area contributed by atoms with E-state index in [0.717, 1.165) is 0 Å². The van der Waals surface area contributed by atoms with E-state index in [2.05, 4.69) is 0 Å². The average Bonchev–Trinajstić information content (AvgIpc) is 1.96. The molecule has 0 saturated carbocycles. The van der Waals surface area contributed by atoms with Gasteiger partial charge in [-0.25, -0.2) is 0 Å². The second kappa shape index (κ2) is 4.70. The first-order valence-electron chi connectivity index (χ1n) is 4.71. The molecule has 0 aromatic heterocycles. The summed E-state index contributed by atoms with van der Waals surface area (Å²) in [5.74, 6) is 0. The molecule has 0 fully saturated rings. The van der Waals surface area contributed by atoms with E-state index in [1.165, 1.54) is 0 Å². The van der Waals surface area contributed by atoms with Gasteiger partial charge < -0.3 is 0 Å². The predicted molar refractivity (Wildman–Crippen MR) is 48.2 cm³/mol. The van der Waals surface area contributed by atoms with Gasteiger partial charge in [-0.05, 0) is 6.42 Å². The molecular weight excluding hydrogens is 242 g/mol. The van der Waals surface area contributed by atoms with Crippen molar-refractivity contribution in [2.24, 2.45) is 0 Å². The fraction of sp³-hybridized carbons (Fsp3) is 1.00. The summed E-state index contributed by atoms with van der Waals surface area (Å²) in [6.07, 6.45) is -12.5. The van der Waals surface area contributed by atoms with Crippen molar-refractivity contribution >= 4 is 0 Å². The van der Waals surface area contributed by atoms with E-state index in [1.807, 2.05) is 0 Å². The zero-order valence-corrected chi connectivity index (χ0v) is 9.09. The monoisotopic (exact) mass is 260 g/mol. The maximum absolute atomic E-state index is 8.95. The highest BCUT2D eigenvalue weighted by molar-refractivity contribution is 4.50. The highest BCUT2D eigenvalue weighted by Gasteiger charge is 2.73. The van der Waals surface area contributed by atoms with E-state index in [4.69, 9.17) is 46.0 Å². The Labute approximate surface area is 96.0 Å². The topological polar surface area (TPSA) is 182 Å². The molecule has 0 atom stereocenters. The van der Waals surface area contributed by atoms with Crippen molar-refractivity contribution in [2.45, 2.75) is 38.1 Å². The van der Waals surface area contributed by atoms with E-state index < -0.39 is 29.3 Å². The molecular formula is C7H18NO9+. The smallest absolute Gasteiger partial charge is 0.293 e. The molecule has 0 aromatic carbocycles. The fourth-order valence-corrected chi connectivity index (χ4v) is 1.45. The van der Waals surface area contributed by atoms with Crippen molar-refractivity contribution in [3.05, 3.63) is 0 Å². The second-order valence-corrected chi connectivity index (χ2v) is 3.69. The highest BCUT2D eigenvalue weighted by atomic mass is 16.8. The second-order valence-electron chi connectivity index (χ2n) is 3.69. The molecule has 0 aliphatic rings. The summed E-state index contributed by atoms with van der Waals surface area (Å²) < 4.78 is -2.83. The molecule has 0 bridgehead atoms. The fourth-order valence-electron chi connectivity index (χ4n) is 1.45. The third kappa shape index (κ3) is 2.89. The van der Waals surface area contributed by atoms with Gasteiger partial charge in [0.2, 0.25) is 0 Å². The molecule has 0 rings (SSSR count).